The van der Waals surface area contributed by atoms with Crippen LogP contribution < -0.4 is 5.32 Å². The number of fused-ring (bicyclic) bond motifs is 1. The minimum absolute atomic E-state index is 0.282. The molecule has 0 saturated carbocycles. The van der Waals surface area contributed by atoms with E-state index in [1.807, 2.05) is 4.90 Å². The first-order chi connectivity index (χ1) is 13.0. The molecule has 2 atom stereocenters. The zero-order valence-corrected chi connectivity index (χ0v) is 15.7. The van der Waals surface area contributed by atoms with Gasteiger partial charge in [-0.15, -0.1) is 0 Å². The molecule has 27 heavy (non-hydrogen) atoms. The van der Waals surface area contributed by atoms with E-state index in [2.05, 4.69) is 41.4 Å². The van der Waals surface area contributed by atoms with Gasteiger partial charge in [0.25, 0.3) is 5.91 Å². The Balaban J connectivity index is 1.61. The lowest BCUT2D eigenvalue weighted by atomic mass is 10.1. The molecular weight excluding hydrogens is 346 g/mol. The summed E-state index contributed by atoms with van der Waals surface area (Å²) in [6, 6.07) is 7.39. The summed E-state index contributed by atoms with van der Waals surface area (Å²) >= 11 is 0. The number of hydrogen-bond acceptors (Lipinski definition) is 6. The number of nitrogens with one attached hydrogen (secondary N) is 1. The molecular formula is C19H25N5O3. The van der Waals surface area contributed by atoms with Gasteiger partial charge in [-0.05, 0) is 12.5 Å². The van der Waals surface area contributed by atoms with E-state index in [0.29, 0.717) is 26.3 Å². The van der Waals surface area contributed by atoms with E-state index < -0.39 is 18.2 Å². The fourth-order valence-corrected chi connectivity index (χ4v) is 3.75. The van der Waals surface area contributed by atoms with E-state index in [9.17, 15) is 9.59 Å². The van der Waals surface area contributed by atoms with E-state index >= 15 is 0 Å². The van der Waals surface area contributed by atoms with Crippen molar-refractivity contribution < 1.29 is 14.3 Å². The summed E-state index contributed by atoms with van der Waals surface area (Å²) in [5.74, 6) is 0.570. The molecule has 1 aromatic rings. The van der Waals surface area contributed by atoms with Crippen LogP contribution in [0.3, 0.4) is 0 Å². The van der Waals surface area contributed by atoms with Crippen molar-refractivity contribution in [2.75, 3.05) is 39.9 Å². The van der Waals surface area contributed by atoms with Gasteiger partial charge < -0.3 is 14.5 Å². The van der Waals surface area contributed by atoms with Gasteiger partial charge in [-0.3, -0.25) is 15.0 Å². The number of amides is 3. The summed E-state index contributed by atoms with van der Waals surface area (Å²) in [6.45, 7) is 6.38. The van der Waals surface area contributed by atoms with Crippen LogP contribution in [-0.4, -0.2) is 84.6 Å². The average Bonchev–Trinajstić information content (AvgIpc) is 3.01. The van der Waals surface area contributed by atoms with Crippen molar-refractivity contribution >= 4 is 17.8 Å². The van der Waals surface area contributed by atoms with E-state index in [0.717, 1.165) is 24.5 Å². The largest absolute Gasteiger partial charge is 0.379 e. The molecule has 1 aromatic carbocycles. The minimum Gasteiger partial charge on any atom is -0.379 e. The van der Waals surface area contributed by atoms with Crippen LogP contribution in [0.25, 0.3) is 0 Å². The first-order valence-electron chi connectivity index (χ1n) is 9.29. The Morgan fingerprint density at radius 3 is 2.56 bits per heavy atom. The van der Waals surface area contributed by atoms with Crippen LogP contribution in [0.1, 0.15) is 11.1 Å². The third-order valence-corrected chi connectivity index (χ3v) is 5.39. The van der Waals surface area contributed by atoms with Gasteiger partial charge in [0, 0.05) is 26.7 Å². The molecule has 0 radical (unpaired) electrons. The second-order valence-electron chi connectivity index (χ2n) is 7.31. The molecule has 0 spiro atoms. The SMILES string of the molecule is Cc1ccc(CN2C(CN3CCOCC3)=NC3C2C(=O)NC(=O)N3C)cc1. The molecule has 3 amide bonds. The van der Waals surface area contributed by atoms with Crippen molar-refractivity contribution in [2.45, 2.75) is 25.7 Å². The minimum atomic E-state index is -0.495. The quantitative estimate of drug-likeness (QED) is 0.830. The second kappa shape index (κ2) is 7.28. The maximum absolute atomic E-state index is 12.6. The number of carbonyl (C=O) groups excluding carboxylic acids is 2. The van der Waals surface area contributed by atoms with Crippen molar-refractivity contribution in [2.24, 2.45) is 4.99 Å². The molecule has 0 aromatic heterocycles. The van der Waals surface area contributed by atoms with Gasteiger partial charge in [0.2, 0.25) is 0 Å². The number of rotatable bonds is 4. The summed E-state index contributed by atoms with van der Waals surface area (Å²) < 4.78 is 5.43. The zero-order chi connectivity index (χ0) is 19.0. The standard InChI is InChI=1S/C19H25N5O3/c1-13-3-5-14(6-4-13)11-24-15(12-23-7-9-27-10-8-23)20-17-16(24)18(25)21-19(26)22(17)2/h3-6,16-17H,7-12H2,1-2H3,(H,21,25,26). The topological polar surface area (TPSA) is 77.5 Å². The number of morpholine rings is 1. The predicted molar refractivity (Wildman–Crippen MR) is 100 cm³/mol. The Kier molecular flexibility index (Phi) is 4.84. The van der Waals surface area contributed by atoms with E-state index in [1.165, 1.54) is 10.5 Å². The highest BCUT2D eigenvalue weighted by atomic mass is 16.5. The monoisotopic (exact) mass is 371 g/mol. The van der Waals surface area contributed by atoms with Crippen LogP contribution in [-0.2, 0) is 16.1 Å². The highest BCUT2D eigenvalue weighted by Gasteiger charge is 2.48. The number of ether oxygens (including phenoxy) is 1. The molecule has 8 heteroatoms. The van der Waals surface area contributed by atoms with Gasteiger partial charge in [-0.2, -0.15) is 0 Å². The molecule has 1 N–H and O–H groups in total. The number of hydrogen-bond donors (Lipinski definition) is 1. The summed E-state index contributed by atoms with van der Waals surface area (Å²) in [5.41, 5.74) is 2.31. The maximum atomic E-state index is 12.6. The second-order valence-corrected chi connectivity index (χ2v) is 7.31. The third kappa shape index (κ3) is 3.54. The summed E-state index contributed by atoms with van der Waals surface area (Å²) in [6.07, 6.45) is -0.479. The van der Waals surface area contributed by atoms with E-state index in [1.54, 1.807) is 7.05 Å². The van der Waals surface area contributed by atoms with Crippen molar-refractivity contribution in [3.05, 3.63) is 35.4 Å². The number of carbonyl (C=O) groups is 2. The fourth-order valence-electron chi connectivity index (χ4n) is 3.75. The van der Waals surface area contributed by atoms with Gasteiger partial charge in [-0.25, -0.2) is 9.79 Å². The van der Waals surface area contributed by atoms with E-state index in [-0.39, 0.29) is 5.91 Å². The Morgan fingerprint density at radius 1 is 1.15 bits per heavy atom. The maximum Gasteiger partial charge on any atom is 0.325 e. The van der Waals surface area contributed by atoms with E-state index in [4.69, 9.17) is 9.73 Å². The van der Waals surface area contributed by atoms with Crippen LogP contribution in [0.4, 0.5) is 4.79 Å². The number of benzene rings is 1. The zero-order valence-electron chi connectivity index (χ0n) is 15.7. The normalized spacial score (nSPS) is 26.1. The van der Waals surface area contributed by atoms with Gasteiger partial charge in [0.15, 0.2) is 12.2 Å². The predicted octanol–water partition coefficient (Wildman–Crippen LogP) is 0.418. The molecule has 2 unspecified atom stereocenters. The van der Waals surface area contributed by atoms with Crippen molar-refractivity contribution in [1.29, 1.82) is 0 Å². The van der Waals surface area contributed by atoms with Crippen LogP contribution >= 0.6 is 0 Å². The molecule has 2 fully saturated rings. The molecule has 4 rings (SSSR count). The Bertz CT molecular complexity index is 757. The van der Waals surface area contributed by atoms with Gasteiger partial charge in [0.05, 0.1) is 19.8 Å². The third-order valence-electron chi connectivity index (χ3n) is 5.39. The highest BCUT2D eigenvalue weighted by molar-refractivity contribution is 6.04. The van der Waals surface area contributed by atoms with Gasteiger partial charge in [0.1, 0.15) is 5.84 Å². The first kappa shape index (κ1) is 17.9. The van der Waals surface area contributed by atoms with Crippen LogP contribution in [0.2, 0.25) is 0 Å². The molecule has 0 bridgehead atoms. The molecule has 2 saturated heterocycles. The average molecular weight is 371 g/mol. The molecule has 8 nitrogen and oxygen atoms in total. The Labute approximate surface area is 158 Å². The number of imide groups is 1. The smallest absolute Gasteiger partial charge is 0.325 e. The molecule has 3 heterocycles. The number of nitrogens with zero attached hydrogens (tertiary/aromatic N) is 4. The molecule has 3 aliphatic heterocycles. The number of urea groups is 1. The molecule has 0 aliphatic carbocycles. The Hall–Kier alpha value is -2.45. The van der Waals surface area contributed by atoms with Gasteiger partial charge in [-0.1, -0.05) is 29.8 Å². The molecule has 3 aliphatic rings. The summed E-state index contributed by atoms with van der Waals surface area (Å²) in [7, 11) is 1.69. The van der Waals surface area contributed by atoms with Crippen LogP contribution in [0, 0.1) is 6.92 Å². The molecule has 144 valence electrons. The summed E-state index contributed by atoms with van der Waals surface area (Å²) in [4.78, 5) is 35.3. The Morgan fingerprint density at radius 2 is 1.85 bits per heavy atom. The summed E-state index contributed by atoms with van der Waals surface area (Å²) in [5, 5.41) is 2.45. The lowest BCUT2D eigenvalue weighted by molar-refractivity contribution is -0.127. The van der Waals surface area contributed by atoms with Crippen LogP contribution in [0.5, 0.6) is 0 Å². The van der Waals surface area contributed by atoms with Gasteiger partial charge >= 0.3 is 6.03 Å². The van der Waals surface area contributed by atoms with Crippen molar-refractivity contribution in [1.82, 2.24) is 20.0 Å². The highest BCUT2D eigenvalue weighted by Crippen LogP contribution is 2.26. The number of likely N-dealkylation sites (N-methyl/N-ethyl adjacent to an activating group) is 1. The first-order valence-corrected chi connectivity index (χ1v) is 9.29. The van der Waals surface area contributed by atoms with Crippen molar-refractivity contribution in [3.8, 4) is 0 Å². The number of aryl methyl sites for hydroxylation is 1. The van der Waals surface area contributed by atoms with Crippen molar-refractivity contribution in [3.63, 3.8) is 0 Å². The lowest BCUT2D eigenvalue weighted by Gasteiger charge is -2.37. The number of aliphatic imine (C=N–C) groups is 1. The fraction of sp³-hybridized carbons (Fsp3) is 0.526. The van der Waals surface area contributed by atoms with Crippen LogP contribution in [0.15, 0.2) is 29.3 Å². The number of amidine groups is 1. The lowest BCUT2D eigenvalue weighted by Crippen LogP contribution is -2.63.